The van der Waals surface area contributed by atoms with Gasteiger partial charge in [0, 0.05) is 41.3 Å². The number of carbonyl (C=O) groups excluding carboxylic acids is 4. The number of esters is 1. The molecule has 0 unspecified atom stereocenters. The summed E-state index contributed by atoms with van der Waals surface area (Å²) in [6, 6.07) is 17.6. The summed E-state index contributed by atoms with van der Waals surface area (Å²) in [5.74, 6) is -3.00. The first-order valence-corrected chi connectivity index (χ1v) is 13.6. The van der Waals surface area contributed by atoms with Crippen LogP contribution in [0.1, 0.15) is 29.2 Å². The molecule has 7 rings (SSSR count). The van der Waals surface area contributed by atoms with Gasteiger partial charge in [0.1, 0.15) is 11.3 Å². The number of nitrogens with one attached hydrogen (secondary N) is 3. The van der Waals surface area contributed by atoms with Crippen molar-refractivity contribution in [3.63, 3.8) is 0 Å². The molecule has 2 saturated heterocycles. The third kappa shape index (κ3) is 3.58. The summed E-state index contributed by atoms with van der Waals surface area (Å²) in [6.45, 7) is 5.19. The number of H-pyrrole nitrogens is 1. The summed E-state index contributed by atoms with van der Waals surface area (Å²) >= 11 is 0. The van der Waals surface area contributed by atoms with Gasteiger partial charge in [-0.15, -0.1) is 0 Å². The molecule has 1 spiro atoms. The molecule has 9 heteroatoms. The van der Waals surface area contributed by atoms with E-state index in [0.717, 1.165) is 27.6 Å². The summed E-state index contributed by atoms with van der Waals surface area (Å²) in [6.07, 6.45) is 2.37. The van der Waals surface area contributed by atoms with Crippen LogP contribution in [-0.2, 0) is 31.1 Å². The fourth-order valence-electron chi connectivity index (χ4n) is 7.05. The Hall–Kier alpha value is -4.76. The molecule has 9 nitrogen and oxygen atoms in total. The molecule has 0 saturated carbocycles. The molecule has 4 atom stereocenters. The number of aryl methyl sites for hydroxylation is 2. The fourth-order valence-corrected chi connectivity index (χ4v) is 7.05. The number of hydrogen-bond donors (Lipinski definition) is 3. The average molecular weight is 549 g/mol. The maximum absolute atomic E-state index is 14.3. The average Bonchev–Trinajstić information content (AvgIpc) is 3.64. The first kappa shape index (κ1) is 25.2. The van der Waals surface area contributed by atoms with Crippen molar-refractivity contribution in [2.24, 2.45) is 11.8 Å². The highest BCUT2D eigenvalue weighted by molar-refractivity contribution is 6.26. The highest BCUT2D eigenvalue weighted by Gasteiger charge is 2.70. The zero-order valence-electron chi connectivity index (χ0n) is 22.8. The first-order valence-electron chi connectivity index (χ1n) is 13.6. The minimum atomic E-state index is -1.40. The topological polar surface area (TPSA) is 121 Å². The van der Waals surface area contributed by atoms with Gasteiger partial charge < -0.3 is 15.0 Å². The smallest absolute Gasteiger partial charge is 0.308 e. The second-order valence-corrected chi connectivity index (χ2v) is 11.2. The summed E-state index contributed by atoms with van der Waals surface area (Å²) in [5.41, 5.74) is 4.19. The van der Waals surface area contributed by atoms with Gasteiger partial charge in [0.05, 0.1) is 17.5 Å². The summed E-state index contributed by atoms with van der Waals surface area (Å²) in [5, 5.41) is 7.60. The molecule has 4 heterocycles. The number of anilines is 2. The highest BCUT2D eigenvalue weighted by atomic mass is 16.5. The minimum Gasteiger partial charge on any atom is -0.427 e. The van der Waals surface area contributed by atoms with Gasteiger partial charge in [-0.1, -0.05) is 35.9 Å². The number of hydrogen-bond acceptors (Lipinski definition) is 6. The normalized spacial score (nSPS) is 24.7. The molecule has 3 aliphatic rings. The quantitative estimate of drug-likeness (QED) is 0.202. The molecule has 3 aliphatic heterocycles. The predicted molar refractivity (Wildman–Crippen MR) is 152 cm³/mol. The van der Waals surface area contributed by atoms with Gasteiger partial charge in [-0.3, -0.25) is 24.5 Å². The van der Waals surface area contributed by atoms with E-state index < -0.39 is 35.3 Å². The Kier molecular flexibility index (Phi) is 5.46. The van der Waals surface area contributed by atoms with Crippen molar-refractivity contribution in [1.82, 2.24) is 10.3 Å². The van der Waals surface area contributed by atoms with E-state index in [9.17, 15) is 19.2 Å². The number of para-hydroxylation sites is 1. The molecule has 41 heavy (non-hydrogen) atoms. The molecule has 3 amide bonds. The van der Waals surface area contributed by atoms with E-state index in [-0.39, 0.29) is 11.8 Å². The number of imide groups is 1. The van der Waals surface area contributed by atoms with E-state index in [1.807, 2.05) is 56.4 Å². The summed E-state index contributed by atoms with van der Waals surface area (Å²) < 4.78 is 5.13. The van der Waals surface area contributed by atoms with Gasteiger partial charge in [-0.25, -0.2) is 4.90 Å². The van der Waals surface area contributed by atoms with Gasteiger partial charge in [0.2, 0.25) is 17.7 Å². The van der Waals surface area contributed by atoms with E-state index in [2.05, 4.69) is 15.6 Å². The van der Waals surface area contributed by atoms with E-state index in [1.54, 1.807) is 24.3 Å². The van der Waals surface area contributed by atoms with E-state index in [1.165, 1.54) is 11.8 Å². The monoisotopic (exact) mass is 548 g/mol. The van der Waals surface area contributed by atoms with Gasteiger partial charge in [0.15, 0.2) is 0 Å². The lowest BCUT2D eigenvalue weighted by molar-refractivity contribution is -0.132. The lowest BCUT2D eigenvalue weighted by atomic mass is 9.75. The van der Waals surface area contributed by atoms with Crippen LogP contribution >= 0.6 is 0 Å². The van der Waals surface area contributed by atoms with Crippen molar-refractivity contribution in [3.05, 3.63) is 89.1 Å². The largest absolute Gasteiger partial charge is 0.427 e. The molecule has 4 aromatic rings. The molecule has 3 aromatic carbocycles. The number of carbonyl (C=O) groups is 4. The van der Waals surface area contributed by atoms with Crippen LogP contribution in [0.3, 0.4) is 0 Å². The van der Waals surface area contributed by atoms with Gasteiger partial charge >= 0.3 is 5.97 Å². The van der Waals surface area contributed by atoms with E-state index in [4.69, 9.17) is 4.74 Å². The molecule has 206 valence electrons. The molecule has 2 fully saturated rings. The Morgan fingerprint density at radius 2 is 1.76 bits per heavy atom. The van der Waals surface area contributed by atoms with Gasteiger partial charge in [-0.2, -0.15) is 0 Å². The molecule has 1 aromatic heterocycles. The van der Waals surface area contributed by atoms with E-state index >= 15 is 0 Å². The minimum absolute atomic E-state index is 0.311. The van der Waals surface area contributed by atoms with Crippen LogP contribution in [0, 0.1) is 25.7 Å². The SMILES string of the molecule is CC(=O)Oc1ccc(N2C(=O)[C@H]3[C@@H](C2=O)[C@@]2(N[C@@H]3Cc3c[nH]c4ccccc34)C(=O)Nc3c(C)cc(C)cc32)cc1. The van der Waals surface area contributed by atoms with Crippen LogP contribution in [0.5, 0.6) is 5.75 Å². The van der Waals surface area contributed by atoms with Gasteiger partial charge in [-0.05, 0) is 61.7 Å². The Morgan fingerprint density at radius 1 is 1.00 bits per heavy atom. The van der Waals surface area contributed by atoms with Crippen molar-refractivity contribution >= 4 is 46.0 Å². The molecule has 0 radical (unpaired) electrons. The number of benzene rings is 3. The standard InChI is InChI=1S/C32H28N4O5/c1-16-12-17(2)28-23(13-16)32(31(40)34-28)27-26(25(35-32)14-19-15-33-24-7-5-4-6-22(19)24)29(38)36(30(27)39)20-8-10-21(11-9-20)41-18(3)37/h4-13,15,25-27,33,35H,14H2,1-3H3,(H,34,40)/t25-,26-,27+,32-/m1/s1. The predicted octanol–water partition coefficient (Wildman–Crippen LogP) is 3.88. The Labute approximate surface area is 235 Å². The first-order chi connectivity index (χ1) is 19.7. The maximum Gasteiger partial charge on any atom is 0.308 e. The Morgan fingerprint density at radius 3 is 2.51 bits per heavy atom. The number of nitrogens with zero attached hydrogens (tertiary/aromatic N) is 1. The summed E-state index contributed by atoms with van der Waals surface area (Å²) in [4.78, 5) is 58.3. The van der Waals surface area contributed by atoms with Crippen molar-refractivity contribution in [1.29, 1.82) is 0 Å². The molecule has 3 N–H and O–H groups in total. The van der Waals surface area contributed by atoms with Crippen LogP contribution in [0.4, 0.5) is 11.4 Å². The Balaban J connectivity index is 1.35. The molecular weight excluding hydrogens is 520 g/mol. The molecule has 0 bridgehead atoms. The zero-order valence-corrected chi connectivity index (χ0v) is 22.8. The van der Waals surface area contributed by atoms with Crippen molar-refractivity contribution in [2.75, 3.05) is 10.2 Å². The summed E-state index contributed by atoms with van der Waals surface area (Å²) in [7, 11) is 0. The van der Waals surface area contributed by atoms with Crippen molar-refractivity contribution in [2.45, 2.75) is 38.8 Å². The van der Waals surface area contributed by atoms with Crippen LogP contribution in [-0.4, -0.2) is 34.7 Å². The lowest BCUT2D eigenvalue weighted by Gasteiger charge is -2.30. The number of amides is 3. The number of fused-ring (bicyclic) bond motifs is 5. The third-order valence-corrected chi connectivity index (χ3v) is 8.64. The highest BCUT2D eigenvalue weighted by Crippen LogP contribution is 2.54. The zero-order chi connectivity index (χ0) is 28.6. The van der Waals surface area contributed by atoms with Crippen molar-refractivity contribution < 1.29 is 23.9 Å². The fraction of sp³-hybridized carbons (Fsp3) is 0.250. The number of rotatable bonds is 4. The number of aromatic amines is 1. The Bertz CT molecular complexity index is 1790. The van der Waals surface area contributed by atoms with Crippen molar-refractivity contribution in [3.8, 4) is 5.75 Å². The maximum atomic E-state index is 14.3. The van der Waals surface area contributed by atoms with Crippen LogP contribution in [0.15, 0.2) is 66.9 Å². The second kappa shape index (κ2) is 8.87. The van der Waals surface area contributed by atoms with Crippen LogP contribution in [0.25, 0.3) is 10.9 Å². The molecular formula is C32H28N4O5. The molecule has 0 aliphatic carbocycles. The third-order valence-electron chi connectivity index (χ3n) is 8.64. The van der Waals surface area contributed by atoms with Gasteiger partial charge in [0.25, 0.3) is 0 Å². The van der Waals surface area contributed by atoms with Crippen LogP contribution in [0.2, 0.25) is 0 Å². The lowest BCUT2D eigenvalue weighted by Crippen LogP contribution is -2.53. The number of ether oxygens (including phenoxy) is 1. The number of aromatic nitrogens is 1. The van der Waals surface area contributed by atoms with E-state index in [0.29, 0.717) is 29.1 Å². The van der Waals surface area contributed by atoms with Crippen LogP contribution < -0.4 is 20.3 Å². The second-order valence-electron chi connectivity index (χ2n) is 11.2.